The first-order valence-electron chi connectivity index (χ1n) is 8.76. The van der Waals surface area contributed by atoms with Crippen LogP contribution in [0, 0.1) is 5.82 Å². The van der Waals surface area contributed by atoms with Crippen molar-refractivity contribution in [3.63, 3.8) is 0 Å². The molecule has 0 saturated carbocycles. The third-order valence-electron chi connectivity index (χ3n) is 4.11. The van der Waals surface area contributed by atoms with Crippen molar-refractivity contribution < 1.29 is 23.4 Å². The van der Waals surface area contributed by atoms with Gasteiger partial charge in [0.05, 0.1) is 11.6 Å². The van der Waals surface area contributed by atoms with E-state index in [1.807, 2.05) is 26.0 Å². The number of benzene rings is 2. The van der Waals surface area contributed by atoms with Crippen LogP contribution >= 0.6 is 11.6 Å². The smallest absolute Gasteiger partial charge is 0.258 e. The van der Waals surface area contributed by atoms with E-state index in [-0.39, 0.29) is 35.9 Å². The topological polar surface area (TPSA) is 56.8 Å². The second kappa shape index (κ2) is 8.48. The molecule has 0 bridgehead atoms. The Morgan fingerprint density at radius 3 is 2.85 bits per heavy atom. The summed E-state index contributed by atoms with van der Waals surface area (Å²) in [5.74, 6) is 1.02. The monoisotopic (exact) mass is 393 g/mol. The molecule has 0 spiro atoms. The fraction of sp³-hybridized carbons (Fsp3) is 0.350. The maximum atomic E-state index is 13.0. The fourth-order valence-electron chi connectivity index (χ4n) is 2.89. The minimum absolute atomic E-state index is 0.117. The molecule has 2 aromatic carbocycles. The number of hydrogen-bond donors (Lipinski definition) is 1. The maximum Gasteiger partial charge on any atom is 0.258 e. The largest absolute Gasteiger partial charge is 0.494 e. The molecule has 1 aliphatic heterocycles. The third-order valence-corrected chi connectivity index (χ3v) is 4.40. The first kappa shape index (κ1) is 19.3. The summed E-state index contributed by atoms with van der Waals surface area (Å²) in [6, 6.07) is 7.62. The number of ether oxygens (including phenoxy) is 3. The quantitative estimate of drug-likeness (QED) is 0.775. The van der Waals surface area contributed by atoms with Gasteiger partial charge in [0.15, 0.2) is 6.61 Å². The second-order valence-corrected chi connectivity index (χ2v) is 6.68. The van der Waals surface area contributed by atoms with Crippen LogP contribution in [0.4, 0.5) is 4.39 Å². The zero-order chi connectivity index (χ0) is 19.4. The van der Waals surface area contributed by atoms with Gasteiger partial charge in [0.1, 0.15) is 29.2 Å². The van der Waals surface area contributed by atoms with Gasteiger partial charge >= 0.3 is 0 Å². The second-order valence-electron chi connectivity index (χ2n) is 6.27. The number of rotatable bonds is 7. The Labute approximate surface area is 162 Å². The summed E-state index contributed by atoms with van der Waals surface area (Å²) in [6.07, 6.45) is 0.974. The predicted octanol–water partition coefficient (Wildman–Crippen LogP) is 3.90. The Balaban J connectivity index is 1.60. The van der Waals surface area contributed by atoms with Crippen LogP contribution in [0.5, 0.6) is 17.2 Å². The molecule has 1 N–H and O–H groups in total. The molecule has 1 atom stereocenters. The molecule has 1 aliphatic rings. The summed E-state index contributed by atoms with van der Waals surface area (Å²) in [5, 5.41) is 2.90. The molecule has 3 rings (SSSR count). The number of fused-ring (bicyclic) bond motifs is 1. The molecule has 27 heavy (non-hydrogen) atoms. The van der Waals surface area contributed by atoms with Gasteiger partial charge < -0.3 is 19.5 Å². The molecular weight excluding hydrogens is 373 g/mol. The highest BCUT2D eigenvalue weighted by Gasteiger charge is 2.22. The number of hydrogen-bond acceptors (Lipinski definition) is 4. The lowest BCUT2D eigenvalue weighted by atomic mass is 10.1. The molecule has 0 unspecified atom stereocenters. The number of carbonyl (C=O) groups is 1. The normalized spacial score (nSPS) is 15.0. The van der Waals surface area contributed by atoms with Crippen LogP contribution in [0.25, 0.3) is 0 Å². The van der Waals surface area contributed by atoms with E-state index in [0.29, 0.717) is 6.61 Å². The van der Waals surface area contributed by atoms with E-state index < -0.39 is 5.82 Å². The van der Waals surface area contributed by atoms with Crippen LogP contribution < -0.4 is 19.5 Å². The lowest BCUT2D eigenvalue weighted by Crippen LogP contribution is -2.28. The van der Waals surface area contributed by atoms with Crippen molar-refractivity contribution in [1.82, 2.24) is 5.32 Å². The van der Waals surface area contributed by atoms with E-state index in [9.17, 15) is 9.18 Å². The Bertz CT molecular complexity index is 843. The number of carbonyl (C=O) groups excluding carboxylic acids is 1. The van der Waals surface area contributed by atoms with Crippen LogP contribution in [0.3, 0.4) is 0 Å². The van der Waals surface area contributed by atoms with Crippen LogP contribution in [-0.2, 0) is 17.8 Å². The molecule has 0 radical (unpaired) electrons. The summed E-state index contributed by atoms with van der Waals surface area (Å²) in [7, 11) is 0. The molecule has 0 aliphatic carbocycles. The number of halogens is 2. The molecule has 1 heterocycles. The Kier molecular flexibility index (Phi) is 6.06. The van der Waals surface area contributed by atoms with E-state index in [0.717, 1.165) is 35.1 Å². The maximum absolute atomic E-state index is 13.0. The highest BCUT2D eigenvalue weighted by Crippen LogP contribution is 2.35. The van der Waals surface area contributed by atoms with Crippen molar-refractivity contribution in [2.24, 2.45) is 0 Å². The molecule has 0 fully saturated rings. The Hall–Kier alpha value is -2.47. The van der Waals surface area contributed by atoms with Crippen molar-refractivity contribution in [2.45, 2.75) is 32.9 Å². The first-order valence-corrected chi connectivity index (χ1v) is 9.14. The minimum atomic E-state index is -0.464. The van der Waals surface area contributed by atoms with Gasteiger partial charge in [0, 0.05) is 24.1 Å². The summed E-state index contributed by atoms with van der Waals surface area (Å²) in [6.45, 7) is 4.50. The van der Waals surface area contributed by atoms with Gasteiger partial charge in [0.25, 0.3) is 5.91 Å². The highest BCUT2D eigenvalue weighted by atomic mass is 35.5. The zero-order valence-corrected chi connectivity index (χ0v) is 15.9. The van der Waals surface area contributed by atoms with Crippen LogP contribution in [0.1, 0.15) is 25.0 Å². The van der Waals surface area contributed by atoms with Crippen molar-refractivity contribution >= 4 is 17.5 Å². The molecule has 0 saturated heterocycles. The van der Waals surface area contributed by atoms with E-state index in [1.165, 1.54) is 12.1 Å². The van der Waals surface area contributed by atoms with Crippen LogP contribution in [0.2, 0.25) is 5.02 Å². The van der Waals surface area contributed by atoms with E-state index >= 15 is 0 Å². The highest BCUT2D eigenvalue weighted by molar-refractivity contribution is 6.32. The summed E-state index contributed by atoms with van der Waals surface area (Å²) in [4.78, 5) is 12.1. The van der Waals surface area contributed by atoms with E-state index in [2.05, 4.69) is 5.32 Å². The van der Waals surface area contributed by atoms with E-state index in [1.54, 1.807) is 0 Å². The van der Waals surface area contributed by atoms with Crippen LogP contribution in [0.15, 0.2) is 30.3 Å². The van der Waals surface area contributed by atoms with Gasteiger partial charge in [0.2, 0.25) is 0 Å². The van der Waals surface area contributed by atoms with Gasteiger partial charge in [-0.25, -0.2) is 4.39 Å². The van der Waals surface area contributed by atoms with Crippen molar-refractivity contribution in [3.05, 3.63) is 52.3 Å². The first-order chi connectivity index (χ1) is 13.0. The summed E-state index contributed by atoms with van der Waals surface area (Å²) < 4.78 is 29.8. The Morgan fingerprint density at radius 2 is 2.11 bits per heavy atom. The Morgan fingerprint density at radius 1 is 1.30 bits per heavy atom. The third kappa shape index (κ3) is 4.83. The van der Waals surface area contributed by atoms with Gasteiger partial charge in [-0.1, -0.05) is 11.6 Å². The van der Waals surface area contributed by atoms with Crippen molar-refractivity contribution in [2.75, 3.05) is 13.2 Å². The van der Waals surface area contributed by atoms with Crippen molar-refractivity contribution in [3.8, 4) is 17.2 Å². The predicted molar refractivity (Wildman–Crippen MR) is 100 cm³/mol. The molecular formula is C20H21ClFNO4. The molecule has 2 aromatic rings. The number of amides is 1. The van der Waals surface area contributed by atoms with Gasteiger partial charge in [-0.15, -0.1) is 0 Å². The average molecular weight is 394 g/mol. The molecule has 5 nitrogen and oxygen atoms in total. The van der Waals surface area contributed by atoms with Crippen LogP contribution in [-0.4, -0.2) is 25.2 Å². The molecule has 0 aromatic heterocycles. The average Bonchev–Trinajstić information content (AvgIpc) is 2.98. The van der Waals surface area contributed by atoms with E-state index in [4.69, 9.17) is 25.8 Å². The van der Waals surface area contributed by atoms with Crippen molar-refractivity contribution in [1.29, 1.82) is 0 Å². The lowest BCUT2D eigenvalue weighted by molar-refractivity contribution is -0.123. The van der Waals surface area contributed by atoms with Gasteiger partial charge in [-0.2, -0.15) is 0 Å². The fourth-order valence-corrected chi connectivity index (χ4v) is 3.11. The standard InChI is InChI=1S/C20H21ClFNO4/c1-3-25-18-7-13-6-12(2)27-19(13)8-14(18)10-23-20(24)11-26-17-5-4-15(22)9-16(17)21/h4-5,7-9,12H,3,6,10-11H2,1-2H3,(H,23,24)/t12-/m0/s1. The molecule has 7 heteroatoms. The number of nitrogens with one attached hydrogen (secondary N) is 1. The minimum Gasteiger partial charge on any atom is -0.494 e. The molecule has 144 valence electrons. The van der Waals surface area contributed by atoms with Gasteiger partial charge in [-0.05, 0) is 44.2 Å². The van der Waals surface area contributed by atoms with Gasteiger partial charge in [-0.3, -0.25) is 4.79 Å². The summed E-state index contributed by atoms with van der Waals surface area (Å²) >= 11 is 5.88. The SMILES string of the molecule is CCOc1cc2c(cc1CNC(=O)COc1ccc(F)cc1Cl)O[C@@H](C)C2. The lowest BCUT2D eigenvalue weighted by Gasteiger charge is -2.14. The molecule has 1 amide bonds. The summed E-state index contributed by atoms with van der Waals surface area (Å²) in [5.41, 5.74) is 1.94. The zero-order valence-electron chi connectivity index (χ0n) is 15.2.